The van der Waals surface area contributed by atoms with E-state index >= 15 is 0 Å². The van der Waals surface area contributed by atoms with Gasteiger partial charge in [0, 0.05) is 0 Å². The molecule has 1 aliphatic carbocycles. The molecule has 1 aromatic carbocycles. The standard InChI is InChI=1S/C20H29FO/c1-2-3-4-16-22-20-13-11-19(12-14-20)18-9-7-17(8-10-18)6-5-15-21/h5,11-15,17-18H,2-4,6-10,16H2,1H3. The fourth-order valence-electron chi connectivity index (χ4n) is 3.35. The molecule has 1 aromatic rings. The molecule has 0 saturated heterocycles. The van der Waals surface area contributed by atoms with Gasteiger partial charge in [0.15, 0.2) is 0 Å². The molecule has 1 aliphatic rings. The third-order valence-electron chi connectivity index (χ3n) is 4.77. The zero-order chi connectivity index (χ0) is 15.6. The summed E-state index contributed by atoms with van der Waals surface area (Å²) in [5, 5.41) is 0. The first-order chi connectivity index (χ1) is 10.8. The van der Waals surface area contributed by atoms with Crippen LogP contribution in [0.3, 0.4) is 0 Å². The van der Waals surface area contributed by atoms with Gasteiger partial charge in [0.25, 0.3) is 0 Å². The first-order valence-electron chi connectivity index (χ1n) is 8.81. The molecule has 0 spiro atoms. The van der Waals surface area contributed by atoms with E-state index in [0.29, 0.717) is 18.2 Å². The number of allylic oxidation sites excluding steroid dienone is 1. The third-order valence-corrected chi connectivity index (χ3v) is 4.77. The molecule has 1 nitrogen and oxygen atoms in total. The Hall–Kier alpha value is -1.31. The third kappa shape index (κ3) is 5.47. The Bertz CT molecular complexity index is 430. The minimum atomic E-state index is 0.666. The second kappa shape index (κ2) is 9.66. The predicted octanol–water partition coefficient (Wildman–Crippen LogP) is 6.40. The highest BCUT2D eigenvalue weighted by Gasteiger charge is 2.21. The van der Waals surface area contributed by atoms with E-state index in [9.17, 15) is 4.39 Å². The van der Waals surface area contributed by atoms with E-state index in [1.54, 1.807) is 6.08 Å². The molecule has 0 atom stereocenters. The van der Waals surface area contributed by atoms with E-state index in [1.165, 1.54) is 44.1 Å². The highest BCUT2D eigenvalue weighted by atomic mass is 19.1. The van der Waals surface area contributed by atoms with Crippen molar-refractivity contribution in [3.63, 3.8) is 0 Å². The zero-order valence-electron chi connectivity index (χ0n) is 13.8. The van der Waals surface area contributed by atoms with Crippen LogP contribution in [-0.4, -0.2) is 6.61 Å². The maximum Gasteiger partial charge on any atom is 0.119 e. The van der Waals surface area contributed by atoms with Crippen LogP contribution >= 0.6 is 0 Å². The maximum absolute atomic E-state index is 12.1. The van der Waals surface area contributed by atoms with Crippen LogP contribution in [0.25, 0.3) is 0 Å². The van der Waals surface area contributed by atoms with E-state index in [0.717, 1.165) is 25.2 Å². The van der Waals surface area contributed by atoms with Crippen molar-refractivity contribution in [2.24, 2.45) is 5.92 Å². The normalized spacial score (nSPS) is 22.1. The summed E-state index contributed by atoms with van der Waals surface area (Å²) in [4.78, 5) is 0. The minimum absolute atomic E-state index is 0.666. The molecular formula is C20H29FO. The van der Waals surface area contributed by atoms with E-state index in [1.807, 2.05) is 0 Å². The van der Waals surface area contributed by atoms with Gasteiger partial charge >= 0.3 is 0 Å². The van der Waals surface area contributed by atoms with Crippen LogP contribution in [0, 0.1) is 5.92 Å². The summed E-state index contributed by atoms with van der Waals surface area (Å²) >= 11 is 0. The maximum atomic E-state index is 12.1. The monoisotopic (exact) mass is 304 g/mol. The SMILES string of the molecule is CCCCCOc1ccc(C2CCC(CC=CF)CC2)cc1. The summed E-state index contributed by atoms with van der Waals surface area (Å²) in [5.41, 5.74) is 1.43. The summed E-state index contributed by atoms with van der Waals surface area (Å²) in [6, 6.07) is 8.67. The van der Waals surface area contributed by atoms with Gasteiger partial charge in [-0.05, 0) is 68.1 Å². The number of halogens is 1. The molecule has 0 N–H and O–H groups in total. The van der Waals surface area contributed by atoms with Crippen molar-refractivity contribution < 1.29 is 9.13 Å². The molecular weight excluding hydrogens is 275 g/mol. The molecule has 2 heteroatoms. The topological polar surface area (TPSA) is 9.23 Å². The minimum Gasteiger partial charge on any atom is -0.494 e. The molecule has 2 rings (SSSR count). The Labute approximate surface area is 134 Å². The van der Waals surface area contributed by atoms with Crippen LogP contribution in [0.5, 0.6) is 5.75 Å². The van der Waals surface area contributed by atoms with Crippen LogP contribution in [0.15, 0.2) is 36.7 Å². The lowest BCUT2D eigenvalue weighted by Crippen LogP contribution is -2.12. The molecule has 0 aliphatic heterocycles. The number of benzene rings is 1. The largest absolute Gasteiger partial charge is 0.494 e. The molecule has 0 bridgehead atoms. The van der Waals surface area contributed by atoms with Crippen molar-refractivity contribution in [3.05, 3.63) is 42.2 Å². The molecule has 0 radical (unpaired) electrons. The number of ether oxygens (including phenoxy) is 1. The average Bonchev–Trinajstić information content (AvgIpc) is 2.58. The zero-order valence-corrected chi connectivity index (χ0v) is 13.8. The Morgan fingerprint density at radius 3 is 2.45 bits per heavy atom. The second-order valence-electron chi connectivity index (χ2n) is 6.44. The van der Waals surface area contributed by atoms with Gasteiger partial charge in [-0.1, -0.05) is 38.0 Å². The van der Waals surface area contributed by atoms with Crippen LogP contribution in [0.4, 0.5) is 4.39 Å². The smallest absolute Gasteiger partial charge is 0.119 e. The van der Waals surface area contributed by atoms with Crippen LogP contribution in [0.1, 0.15) is 69.8 Å². The van der Waals surface area contributed by atoms with Crippen LogP contribution < -0.4 is 4.74 Å². The van der Waals surface area contributed by atoms with Gasteiger partial charge in [-0.3, -0.25) is 0 Å². The molecule has 0 aromatic heterocycles. The highest BCUT2D eigenvalue weighted by molar-refractivity contribution is 5.29. The van der Waals surface area contributed by atoms with Crippen molar-refractivity contribution in [1.29, 1.82) is 0 Å². The Kier molecular flexibility index (Phi) is 7.48. The van der Waals surface area contributed by atoms with E-state index < -0.39 is 0 Å². The molecule has 1 saturated carbocycles. The molecule has 0 heterocycles. The Morgan fingerprint density at radius 1 is 1.09 bits per heavy atom. The van der Waals surface area contributed by atoms with Gasteiger partial charge in [-0.15, -0.1) is 0 Å². The second-order valence-corrected chi connectivity index (χ2v) is 6.44. The van der Waals surface area contributed by atoms with Crippen molar-refractivity contribution in [2.45, 2.75) is 64.2 Å². The van der Waals surface area contributed by atoms with E-state index in [-0.39, 0.29) is 0 Å². The summed E-state index contributed by atoms with van der Waals surface area (Å²) < 4.78 is 17.8. The number of hydrogen-bond donors (Lipinski definition) is 0. The van der Waals surface area contributed by atoms with Crippen molar-refractivity contribution in [1.82, 2.24) is 0 Å². The fraction of sp³-hybridized carbons (Fsp3) is 0.600. The highest BCUT2D eigenvalue weighted by Crippen LogP contribution is 2.37. The van der Waals surface area contributed by atoms with Crippen molar-refractivity contribution in [2.75, 3.05) is 6.61 Å². The molecule has 122 valence electrons. The Morgan fingerprint density at radius 2 is 1.82 bits per heavy atom. The molecule has 1 fully saturated rings. The van der Waals surface area contributed by atoms with Gasteiger partial charge < -0.3 is 4.74 Å². The van der Waals surface area contributed by atoms with Gasteiger partial charge in [-0.2, -0.15) is 0 Å². The lowest BCUT2D eigenvalue weighted by atomic mass is 9.77. The predicted molar refractivity (Wildman–Crippen MR) is 91.0 cm³/mol. The van der Waals surface area contributed by atoms with Crippen molar-refractivity contribution in [3.8, 4) is 5.75 Å². The number of rotatable bonds is 8. The summed E-state index contributed by atoms with van der Waals surface area (Å²) in [6.45, 7) is 3.03. The Balaban J connectivity index is 1.76. The first kappa shape index (κ1) is 17.1. The lowest BCUT2D eigenvalue weighted by molar-refractivity contribution is 0.305. The molecule has 22 heavy (non-hydrogen) atoms. The lowest BCUT2D eigenvalue weighted by Gasteiger charge is -2.28. The quantitative estimate of drug-likeness (QED) is 0.505. The molecule has 0 amide bonds. The van der Waals surface area contributed by atoms with Crippen LogP contribution in [0.2, 0.25) is 0 Å². The van der Waals surface area contributed by atoms with Crippen LogP contribution in [-0.2, 0) is 0 Å². The van der Waals surface area contributed by atoms with Crippen molar-refractivity contribution >= 4 is 0 Å². The van der Waals surface area contributed by atoms with E-state index in [4.69, 9.17) is 4.74 Å². The summed E-state index contributed by atoms with van der Waals surface area (Å²) in [5.74, 6) is 2.32. The van der Waals surface area contributed by atoms with Gasteiger partial charge in [-0.25, -0.2) is 4.39 Å². The summed E-state index contributed by atoms with van der Waals surface area (Å²) in [6.07, 6.45) is 11.7. The average molecular weight is 304 g/mol. The molecule has 0 unspecified atom stereocenters. The van der Waals surface area contributed by atoms with Gasteiger partial charge in [0.2, 0.25) is 0 Å². The number of hydrogen-bond acceptors (Lipinski definition) is 1. The summed E-state index contributed by atoms with van der Waals surface area (Å²) in [7, 11) is 0. The first-order valence-corrected chi connectivity index (χ1v) is 8.81. The number of unbranched alkanes of at least 4 members (excludes halogenated alkanes) is 2. The van der Waals surface area contributed by atoms with E-state index in [2.05, 4.69) is 31.2 Å². The fourth-order valence-corrected chi connectivity index (χ4v) is 3.35. The van der Waals surface area contributed by atoms with Gasteiger partial charge in [0.1, 0.15) is 5.75 Å². The van der Waals surface area contributed by atoms with Gasteiger partial charge in [0.05, 0.1) is 12.9 Å².